The maximum atomic E-state index is 12.8. The maximum absolute atomic E-state index is 12.8. The molecule has 3 fully saturated rings. The van der Waals surface area contributed by atoms with E-state index in [1.54, 1.807) is 0 Å². The summed E-state index contributed by atoms with van der Waals surface area (Å²) in [5, 5.41) is 0. The van der Waals surface area contributed by atoms with E-state index >= 15 is 0 Å². The van der Waals surface area contributed by atoms with E-state index < -0.39 is 0 Å². The summed E-state index contributed by atoms with van der Waals surface area (Å²) in [6.07, 6.45) is 6.08. The summed E-state index contributed by atoms with van der Waals surface area (Å²) in [6, 6.07) is 0.343. The minimum atomic E-state index is 0.160. The van der Waals surface area contributed by atoms with Gasteiger partial charge in [-0.3, -0.25) is 4.79 Å². The Morgan fingerprint density at radius 1 is 1.10 bits per heavy atom. The molecule has 3 aliphatic rings. The number of carbonyl (C=O) groups is 1. The molecule has 20 heavy (non-hydrogen) atoms. The number of amides is 1. The van der Waals surface area contributed by atoms with Crippen molar-refractivity contribution < 1.29 is 9.53 Å². The first-order valence-electron chi connectivity index (χ1n) is 8.24. The van der Waals surface area contributed by atoms with Crippen LogP contribution in [0.3, 0.4) is 0 Å². The van der Waals surface area contributed by atoms with E-state index in [9.17, 15) is 4.79 Å². The molecule has 114 valence electrons. The van der Waals surface area contributed by atoms with E-state index in [2.05, 4.69) is 13.8 Å². The van der Waals surface area contributed by atoms with E-state index in [1.807, 2.05) is 4.90 Å². The highest BCUT2D eigenvalue weighted by Gasteiger charge is 2.42. The lowest BCUT2D eigenvalue weighted by molar-refractivity contribution is -0.150. The first-order chi connectivity index (χ1) is 9.54. The van der Waals surface area contributed by atoms with Crippen molar-refractivity contribution in [2.75, 3.05) is 13.1 Å². The minimum Gasteiger partial charge on any atom is -0.372 e. The number of morpholine rings is 1. The zero-order chi connectivity index (χ0) is 14.3. The standard InChI is InChI=1S/C16H28N2O2/c1-10-8-18(9-11(2)20-10)16(19)14-6-12-4-3-5-13(7-14)15(12)17/h10-15H,3-9,17H2,1-2H3. The van der Waals surface area contributed by atoms with E-state index in [0.29, 0.717) is 23.8 Å². The molecule has 4 unspecified atom stereocenters. The van der Waals surface area contributed by atoms with Crippen LogP contribution in [0.15, 0.2) is 0 Å². The number of nitrogens with two attached hydrogens (primary N) is 1. The van der Waals surface area contributed by atoms with Gasteiger partial charge in [-0.05, 0) is 51.4 Å². The summed E-state index contributed by atoms with van der Waals surface area (Å²) in [5.74, 6) is 1.72. The fourth-order valence-corrected chi connectivity index (χ4v) is 4.61. The van der Waals surface area contributed by atoms with Gasteiger partial charge < -0.3 is 15.4 Å². The Hall–Kier alpha value is -0.610. The van der Waals surface area contributed by atoms with Gasteiger partial charge in [0.2, 0.25) is 5.91 Å². The lowest BCUT2D eigenvalue weighted by Gasteiger charge is -2.45. The highest BCUT2D eigenvalue weighted by Crippen LogP contribution is 2.42. The van der Waals surface area contributed by atoms with Crippen molar-refractivity contribution in [3.63, 3.8) is 0 Å². The van der Waals surface area contributed by atoms with Crippen LogP contribution in [0.2, 0.25) is 0 Å². The average Bonchev–Trinajstić information content (AvgIpc) is 2.36. The molecule has 0 aromatic carbocycles. The Morgan fingerprint density at radius 2 is 1.65 bits per heavy atom. The topological polar surface area (TPSA) is 55.6 Å². The summed E-state index contributed by atoms with van der Waals surface area (Å²) in [6.45, 7) is 5.62. The smallest absolute Gasteiger partial charge is 0.225 e. The molecule has 2 N–H and O–H groups in total. The summed E-state index contributed by atoms with van der Waals surface area (Å²) in [5.41, 5.74) is 6.32. The number of hydrogen-bond donors (Lipinski definition) is 1. The maximum Gasteiger partial charge on any atom is 0.225 e. The van der Waals surface area contributed by atoms with Crippen LogP contribution in [0.4, 0.5) is 0 Å². The van der Waals surface area contributed by atoms with Crippen molar-refractivity contribution in [2.24, 2.45) is 23.5 Å². The van der Waals surface area contributed by atoms with Gasteiger partial charge in [-0.2, -0.15) is 0 Å². The molecule has 2 bridgehead atoms. The average molecular weight is 280 g/mol. The summed E-state index contributed by atoms with van der Waals surface area (Å²) >= 11 is 0. The van der Waals surface area contributed by atoms with Crippen LogP contribution in [0, 0.1) is 17.8 Å². The van der Waals surface area contributed by atoms with Gasteiger partial charge in [-0.15, -0.1) is 0 Å². The monoisotopic (exact) mass is 280 g/mol. The third kappa shape index (κ3) is 2.73. The molecule has 0 aromatic rings. The first-order valence-corrected chi connectivity index (χ1v) is 8.24. The molecule has 4 heteroatoms. The van der Waals surface area contributed by atoms with Gasteiger partial charge in [0, 0.05) is 25.0 Å². The Bertz CT molecular complexity index is 349. The van der Waals surface area contributed by atoms with Gasteiger partial charge in [-0.25, -0.2) is 0 Å². The quantitative estimate of drug-likeness (QED) is 0.796. The van der Waals surface area contributed by atoms with Gasteiger partial charge in [0.25, 0.3) is 0 Å². The lowest BCUT2D eigenvalue weighted by atomic mass is 9.65. The number of rotatable bonds is 1. The molecule has 3 rings (SSSR count). The van der Waals surface area contributed by atoms with Gasteiger partial charge in [0.1, 0.15) is 0 Å². The molecule has 0 aromatic heterocycles. The van der Waals surface area contributed by atoms with E-state index in [4.69, 9.17) is 10.5 Å². The van der Waals surface area contributed by atoms with E-state index in [1.165, 1.54) is 19.3 Å². The zero-order valence-electron chi connectivity index (χ0n) is 12.8. The SMILES string of the molecule is CC1CN(C(=O)C2CC3CCCC(C2)C3N)CC(C)O1. The predicted octanol–water partition coefficient (Wildman–Crippen LogP) is 1.78. The second kappa shape index (κ2) is 5.64. The number of fused-ring (bicyclic) bond motifs is 2. The van der Waals surface area contributed by atoms with Crippen molar-refractivity contribution in [3.05, 3.63) is 0 Å². The molecule has 4 atom stereocenters. The molecular formula is C16H28N2O2. The van der Waals surface area contributed by atoms with Crippen LogP contribution in [0.1, 0.15) is 46.0 Å². The number of carbonyl (C=O) groups excluding carboxylic acids is 1. The van der Waals surface area contributed by atoms with E-state index in [-0.39, 0.29) is 18.1 Å². The van der Waals surface area contributed by atoms with Crippen LogP contribution in [-0.2, 0) is 9.53 Å². The molecule has 1 amide bonds. The third-order valence-electron chi connectivity index (χ3n) is 5.49. The van der Waals surface area contributed by atoms with Crippen molar-refractivity contribution in [3.8, 4) is 0 Å². The van der Waals surface area contributed by atoms with Gasteiger partial charge in [0.15, 0.2) is 0 Å². The highest BCUT2D eigenvalue weighted by molar-refractivity contribution is 5.79. The van der Waals surface area contributed by atoms with Crippen LogP contribution in [0.25, 0.3) is 0 Å². The lowest BCUT2D eigenvalue weighted by Crippen LogP contribution is -2.53. The molecular weight excluding hydrogens is 252 g/mol. The molecule has 1 heterocycles. The molecule has 0 spiro atoms. The Kier molecular flexibility index (Phi) is 4.04. The van der Waals surface area contributed by atoms with E-state index in [0.717, 1.165) is 25.9 Å². The van der Waals surface area contributed by atoms with Crippen LogP contribution in [0.5, 0.6) is 0 Å². The fraction of sp³-hybridized carbons (Fsp3) is 0.938. The minimum absolute atomic E-state index is 0.160. The molecule has 0 radical (unpaired) electrons. The van der Waals surface area contributed by atoms with Crippen molar-refractivity contribution in [1.82, 2.24) is 4.90 Å². The fourth-order valence-electron chi connectivity index (χ4n) is 4.61. The molecule has 2 saturated carbocycles. The molecule has 1 aliphatic heterocycles. The first kappa shape index (κ1) is 14.3. The second-order valence-corrected chi connectivity index (χ2v) is 7.20. The number of ether oxygens (including phenoxy) is 1. The number of hydrogen-bond acceptors (Lipinski definition) is 3. The van der Waals surface area contributed by atoms with Gasteiger partial charge in [-0.1, -0.05) is 6.42 Å². The molecule has 4 nitrogen and oxygen atoms in total. The predicted molar refractivity (Wildman–Crippen MR) is 78.1 cm³/mol. The third-order valence-corrected chi connectivity index (χ3v) is 5.49. The second-order valence-electron chi connectivity index (χ2n) is 7.20. The van der Waals surface area contributed by atoms with Gasteiger partial charge in [0.05, 0.1) is 12.2 Å². The van der Waals surface area contributed by atoms with Crippen molar-refractivity contribution in [2.45, 2.75) is 64.2 Å². The largest absolute Gasteiger partial charge is 0.372 e. The molecule has 1 saturated heterocycles. The highest BCUT2D eigenvalue weighted by atomic mass is 16.5. The Morgan fingerprint density at radius 3 is 2.20 bits per heavy atom. The summed E-state index contributed by atoms with van der Waals surface area (Å²) in [7, 11) is 0. The van der Waals surface area contributed by atoms with Crippen LogP contribution in [-0.4, -0.2) is 42.1 Å². The Balaban J connectivity index is 1.65. The number of nitrogens with zero attached hydrogens (tertiary/aromatic N) is 1. The summed E-state index contributed by atoms with van der Waals surface area (Å²) < 4.78 is 5.73. The van der Waals surface area contributed by atoms with Crippen LogP contribution >= 0.6 is 0 Å². The van der Waals surface area contributed by atoms with Crippen LogP contribution < -0.4 is 5.73 Å². The Labute approximate surface area is 122 Å². The zero-order valence-corrected chi connectivity index (χ0v) is 12.8. The van der Waals surface area contributed by atoms with Crippen molar-refractivity contribution in [1.29, 1.82) is 0 Å². The normalized spacial score (nSPS) is 45.2. The van der Waals surface area contributed by atoms with Crippen molar-refractivity contribution >= 4 is 5.91 Å². The molecule has 2 aliphatic carbocycles. The summed E-state index contributed by atoms with van der Waals surface area (Å²) in [4.78, 5) is 14.8. The van der Waals surface area contributed by atoms with Gasteiger partial charge >= 0.3 is 0 Å².